The zero-order chi connectivity index (χ0) is 10.2. The zero-order valence-corrected chi connectivity index (χ0v) is 7.71. The van der Waals surface area contributed by atoms with E-state index in [1.54, 1.807) is 0 Å². The van der Waals surface area contributed by atoms with Gasteiger partial charge in [0.25, 0.3) is 0 Å². The Morgan fingerprint density at radius 1 is 0.333 bits per heavy atom. The Hall–Kier alpha value is -0.240. The van der Waals surface area contributed by atoms with Crippen molar-refractivity contribution in [1.29, 1.82) is 0 Å². The number of hydrogen-bond acceptors (Lipinski definition) is 6. The average molecular weight is 180 g/mol. The van der Waals surface area contributed by atoms with Gasteiger partial charge in [0.1, 0.15) is 0 Å². The van der Waals surface area contributed by atoms with Crippen LogP contribution in [0.25, 0.3) is 0 Å². The van der Waals surface area contributed by atoms with Gasteiger partial charge in [-0.15, -0.1) is 0 Å². The van der Waals surface area contributed by atoms with Crippen LogP contribution < -0.4 is 34.4 Å². The predicted molar refractivity (Wildman–Crippen MR) is 54.3 cm³/mol. The summed E-state index contributed by atoms with van der Waals surface area (Å²) in [6.07, 6.45) is 0. The summed E-state index contributed by atoms with van der Waals surface area (Å²) in [5.74, 6) is 0. The third-order valence-electron chi connectivity index (χ3n) is 0.500. The maximum atomic E-state index is 4.90. The van der Waals surface area contributed by atoms with Crippen molar-refractivity contribution in [3.05, 3.63) is 0 Å². The van der Waals surface area contributed by atoms with E-state index in [2.05, 4.69) is 0 Å². The minimum Gasteiger partial charge on any atom is -0.329 e. The Morgan fingerprint density at radius 3 is 0.417 bits per heavy atom. The molecule has 12 N–H and O–H groups in total. The van der Waals surface area contributed by atoms with Crippen molar-refractivity contribution in [3.63, 3.8) is 0 Å². The van der Waals surface area contributed by atoms with Crippen molar-refractivity contribution in [2.24, 2.45) is 34.4 Å². The van der Waals surface area contributed by atoms with Crippen molar-refractivity contribution in [2.75, 3.05) is 39.3 Å². The minimum atomic E-state index is 0.597. The molecule has 6 nitrogen and oxygen atoms in total. The van der Waals surface area contributed by atoms with Crippen LogP contribution in [0.4, 0.5) is 0 Å². The van der Waals surface area contributed by atoms with Crippen molar-refractivity contribution < 1.29 is 0 Å². The van der Waals surface area contributed by atoms with Crippen LogP contribution in [-0.4, -0.2) is 39.3 Å². The Labute approximate surface area is 74.6 Å². The highest BCUT2D eigenvalue weighted by molar-refractivity contribution is 4.26. The summed E-state index contributed by atoms with van der Waals surface area (Å²) >= 11 is 0. The predicted octanol–water partition coefficient (Wildman–Crippen LogP) is -3.29. The van der Waals surface area contributed by atoms with Gasteiger partial charge in [-0.2, -0.15) is 0 Å². The highest BCUT2D eigenvalue weighted by Gasteiger charge is 1.55. The smallest absolute Gasteiger partial charge is 0.00461 e. The molecule has 0 heterocycles. The molecule has 0 aliphatic rings. The third-order valence-corrected chi connectivity index (χ3v) is 0.500. The van der Waals surface area contributed by atoms with Crippen molar-refractivity contribution in [3.8, 4) is 0 Å². The van der Waals surface area contributed by atoms with Gasteiger partial charge < -0.3 is 34.4 Å². The van der Waals surface area contributed by atoms with E-state index < -0.39 is 0 Å². The second-order valence-electron chi connectivity index (χ2n) is 1.73. The van der Waals surface area contributed by atoms with Gasteiger partial charge in [-0.25, -0.2) is 0 Å². The Bertz CT molecular complexity index is 27.5. The average Bonchev–Trinajstić information content (AvgIpc) is 2.18. The molecule has 0 aliphatic heterocycles. The molecular weight excluding hydrogens is 156 g/mol. The van der Waals surface area contributed by atoms with Gasteiger partial charge in [0, 0.05) is 39.3 Å². The molecule has 0 aromatic carbocycles. The normalized spacial score (nSPS) is 7.50. The summed E-state index contributed by atoms with van der Waals surface area (Å²) in [4.78, 5) is 0. The maximum absolute atomic E-state index is 4.90. The Kier molecular flexibility index (Phi) is 45.7. The van der Waals surface area contributed by atoms with E-state index in [9.17, 15) is 0 Å². The van der Waals surface area contributed by atoms with Crippen LogP contribution in [0, 0.1) is 0 Å². The molecule has 0 bridgehead atoms. The first-order valence-corrected chi connectivity index (χ1v) is 3.95. The lowest BCUT2D eigenvalue weighted by molar-refractivity contribution is 0.976. The van der Waals surface area contributed by atoms with Gasteiger partial charge in [-0.1, -0.05) is 0 Å². The van der Waals surface area contributed by atoms with Crippen LogP contribution >= 0.6 is 0 Å². The van der Waals surface area contributed by atoms with E-state index in [-0.39, 0.29) is 0 Å². The van der Waals surface area contributed by atoms with E-state index in [0.29, 0.717) is 39.3 Å². The fraction of sp³-hybridized carbons (Fsp3) is 1.00. The molecule has 0 aromatic rings. The second-order valence-corrected chi connectivity index (χ2v) is 1.73. The quantitative estimate of drug-likeness (QED) is 0.267. The molecule has 0 fully saturated rings. The van der Waals surface area contributed by atoms with Crippen LogP contribution in [0.3, 0.4) is 0 Å². The summed E-state index contributed by atoms with van der Waals surface area (Å²) in [6, 6.07) is 0. The monoisotopic (exact) mass is 180 g/mol. The largest absolute Gasteiger partial charge is 0.329 e. The van der Waals surface area contributed by atoms with Gasteiger partial charge >= 0.3 is 0 Å². The molecule has 12 heavy (non-hydrogen) atoms. The van der Waals surface area contributed by atoms with E-state index in [4.69, 9.17) is 34.4 Å². The Balaban J connectivity index is -0.000000101. The van der Waals surface area contributed by atoms with Crippen LogP contribution in [0.1, 0.15) is 0 Å². The maximum Gasteiger partial charge on any atom is 0.00461 e. The lowest BCUT2D eigenvalue weighted by atomic mass is 10.7. The SMILES string of the molecule is NCCN.NCCN.NCCN. The fourth-order valence-corrected chi connectivity index (χ4v) is 0. The molecule has 0 aromatic heterocycles. The standard InChI is InChI=1S/3C2H8N2/c3*3-1-2-4/h3*1-4H2. The fourth-order valence-electron chi connectivity index (χ4n) is 0. The molecule has 78 valence electrons. The van der Waals surface area contributed by atoms with Crippen LogP contribution in [0.2, 0.25) is 0 Å². The molecule has 0 saturated heterocycles. The van der Waals surface area contributed by atoms with Gasteiger partial charge in [0.05, 0.1) is 0 Å². The van der Waals surface area contributed by atoms with Crippen LogP contribution in [-0.2, 0) is 0 Å². The first kappa shape index (κ1) is 17.7. The molecule has 0 atom stereocenters. The third kappa shape index (κ3) is 98.3. The number of hydrogen-bond donors (Lipinski definition) is 6. The first-order valence-electron chi connectivity index (χ1n) is 3.95. The molecule has 0 unspecified atom stereocenters. The van der Waals surface area contributed by atoms with Crippen molar-refractivity contribution >= 4 is 0 Å². The molecule has 0 aliphatic carbocycles. The summed E-state index contributed by atoms with van der Waals surface area (Å²) in [5.41, 5.74) is 29.4. The highest BCUT2D eigenvalue weighted by atomic mass is 14.6. The summed E-state index contributed by atoms with van der Waals surface area (Å²) < 4.78 is 0. The van der Waals surface area contributed by atoms with Crippen LogP contribution in [0.15, 0.2) is 0 Å². The minimum absolute atomic E-state index is 0.597. The number of nitrogens with two attached hydrogens (primary N) is 6. The van der Waals surface area contributed by atoms with E-state index in [1.807, 2.05) is 0 Å². The molecule has 0 rings (SSSR count). The topological polar surface area (TPSA) is 156 Å². The molecule has 0 amide bonds. The summed E-state index contributed by atoms with van der Waals surface area (Å²) in [6.45, 7) is 3.58. The highest BCUT2D eigenvalue weighted by Crippen LogP contribution is 1.25. The lowest BCUT2D eigenvalue weighted by Crippen LogP contribution is -2.11. The van der Waals surface area contributed by atoms with Gasteiger partial charge in [-0.3, -0.25) is 0 Å². The number of rotatable bonds is 3. The van der Waals surface area contributed by atoms with Gasteiger partial charge in [0.2, 0.25) is 0 Å². The Morgan fingerprint density at radius 2 is 0.417 bits per heavy atom. The second kappa shape index (κ2) is 30.9. The molecule has 6 heteroatoms. The summed E-state index contributed by atoms with van der Waals surface area (Å²) in [5, 5.41) is 0. The summed E-state index contributed by atoms with van der Waals surface area (Å²) in [7, 11) is 0. The van der Waals surface area contributed by atoms with Gasteiger partial charge in [0.15, 0.2) is 0 Å². The first-order chi connectivity index (χ1) is 5.74. The van der Waals surface area contributed by atoms with E-state index >= 15 is 0 Å². The molecule has 0 radical (unpaired) electrons. The molecular formula is C6H24N6. The van der Waals surface area contributed by atoms with Crippen molar-refractivity contribution in [1.82, 2.24) is 0 Å². The molecule has 0 saturated carbocycles. The lowest BCUT2D eigenvalue weighted by Gasteiger charge is -1.72. The van der Waals surface area contributed by atoms with Crippen molar-refractivity contribution in [2.45, 2.75) is 0 Å². The van der Waals surface area contributed by atoms with Gasteiger partial charge in [-0.05, 0) is 0 Å². The zero-order valence-electron chi connectivity index (χ0n) is 7.71. The van der Waals surface area contributed by atoms with Crippen LogP contribution in [0.5, 0.6) is 0 Å². The molecule has 0 spiro atoms. The van der Waals surface area contributed by atoms with E-state index in [1.165, 1.54) is 0 Å². The van der Waals surface area contributed by atoms with E-state index in [0.717, 1.165) is 0 Å².